The van der Waals surface area contributed by atoms with Crippen molar-refractivity contribution in [2.75, 3.05) is 12.8 Å². The number of methoxy groups -OCH3 is 1. The molecule has 3 aromatic heterocycles. The number of rotatable bonds is 3. The normalized spacial score (nSPS) is 13.7. The van der Waals surface area contributed by atoms with E-state index in [4.69, 9.17) is 27.1 Å². The molecule has 0 bridgehead atoms. The Balaban J connectivity index is 1.96. The van der Waals surface area contributed by atoms with Crippen molar-refractivity contribution in [1.29, 1.82) is 0 Å². The number of carbonyl (C=O) groups excluding carboxylic acids is 1. The summed E-state index contributed by atoms with van der Waals surface area (Å²) in [4.78, 5) is 34.8. The van der Waals surface area contributed by atoms with Crippen LogP contribution in [0.5, 0.6) is 0 Å². The van der Waals surface area contributed by atoms with Gasteiger partial charge in [-0.2, -0.15) is 0 Å². The first-order valence-corrected chi connectivity index (χ1v) is 9.86. The Morgan fingerprint density at radius 2 is 1.97 bits per heavy atom. The zero-order valence-corrected chi connectivity index (χ0v) is 16.8. The Hall–Kier alpha value is -3.45. The third-order valence-electron chi connectivity index (χ3n) is 5.45. The fraction of sp³-hybridized carbons (Fsp3) is 0.182. The highest BCUT2D eigenvalue weighted by Crippen LogP contribution is 2.40. The molecule has 0 atom stereocenters. The second-order valence-electron chi connectivity index (χ2n) is 7.28. The average Bonchev–Trinajstić information content (AvgIpc) is 3.59. The number of hydrogen-bond acceptors (Lipinski definition) is 6. The minimum absolute atomic E-state index is 0.0629. The van der Waals surface area contributed by atoms with E-state index in [1.165, 1.54) is 11.7 Å². The molecule has 8 heteroatoms. The molecule has 1 aliphatic carbocycles. The van der Waals surface area contributed by atoms with Crippen molar-refractivity contribution in [3.05, 3.63) is 69.4 Å². The summed E-state index contributed by atoms with van der Waals surface area (Å²) >= 11 is 6.27. The zero-order chi connectivity index (χ0) is 21.0. The molecule has 0 radical (unpaired) electrons. The van der Waals surface area contributed by atoms with E-state index in [1.54, 1.807) is 24.4 Å². The molecule has 1 fully saturated rings. The molecular formula is C22H17ClN4O3. The van der Waals surface area contributed by atoms with Crippen LogP contribution in [0.1, 0.15) is 34.8 Å². The number of aromatic nitrogens is 3. The van der Waals surface area contributed by atoms with Gasteiger partial charge in [0.25, 0.3) is 5.56 Å². The van der Waals surface area contributed by atoms with Crippen molar-refractivity contribution in [2.45, 2.75) is 18.8 Å². The van der Waals surface area contributed by atoms with E-state index in [-0.39, 0.29) is 11.3 Å². The van der Waals surface area contributed by atoms with Gasteiger partial charge in [-0.25, -0.2) is 14.8 Å². The molecular weight excluding hydrogens is 404 g/mol. The van der Waals surface area contributed by atoms with Gasteiger partial charge in [0.2, 0.25) is 0 Å². The van der Waals surface area contributed by atoms with E-state index in [0.717, 1.165) is 18.5 Å². The Morgan fingerprint density at radius 1 is 1.17 bits per heavy atom. The lowest BCUT2D eigenvalue weighted by molar-refractivity contribution is 0.0600. The maximum absolute atomic E-state index is 13.5. The van der Waals surface area contributed by atoms with Crippen LogP contribution >= 0.6 is 11.6 Å². The molecule has 5 rings (SSSR count). The topological polar surface area (TPSA) is 100 Å². The highest BCUT2D eigenvalue weighted by molar-refractivity contribution is 6.34. The predicted molar refractivity (Wildman–Crippen MR) is 115 cm³/mol. The highest BCUT2D eigenvalue weighted by atomic mass is 35.5. The average molecular weight is 421 g/mol. The van der Waals surface area contributed by atoms with E-state index in [0.29, 0.717) is 38.6 Å². The number of ether oxygens (including phenoxy) is 1. The second-order valence-corrected chi connectivity index (χ2v) is 7.63. The molecule has 4 aromatic rings. The largest absolute Gasteiger partial charge is 0.465 e. The summed E-state index contributed by atoms with van der Waals surface area (Å²) in [6.45, 7) is 0. The number of nitrogens with two attached hydrogens (primary N) is 1. The van der Waals surface area contributed by atoms with Gasteiger partial charge >= 0.3 is 5.97 Å². The lowest BCUT2D eigenvalue weighted by Gasteiger charge is -2.16. The number of esters is 1. The van der Waals surface area contributed by atoms with Gasteiger partial charge in [-0.3, -0.25) is 9.36 Å². The van der Waals surface area contributed by atoms with Gasteiger partial charge in [-0.05, 0) is 37.1 Å². The Morgan fingerprint density at radius 3 is 2.70 bits per heavy atom. The van der Waals surface area contributed by atoms with E-state index < -0.39 is 11.5 Å². The van der Waals surface area contributed by atoms with Crippen molar-refractivity contribution in [3.8, 4) is 5.69 Å². The molecule has 7 nitrogen and oxygen atoms in total. The van der Waals surface area contributed by atoms with Crippen LogP contribution in [-0.2, 0) is 4.74 Å². The smallest absolute Gasteiger partial charge is 0.345 e. The van der Waals surface area contributed by atoms with Crippen LogP contribution in [0.3, 0.4) is 0 Å². The number of anilines is 1. The van der Waals surface area contributed by atoms with Crippen LogP contribution in [0.4, 0.5) is 5.69 Å². The summed E-state index contributed by atoms with van der Waals surface area (Å²) in [6, 6.07) is 10.9. The number of carbonyl (C=O) groups is 1. The molecule has 2 N–H and O–H groups in total. The number of nitrogen functional groups attached to an aromatic ring is 1. The molecule has 150 valence electrons. The lowest BCUT2D eigenvalue weighted by Crippen LogP contribution is -2.29. The third-order valence-corrected chi connectivity index (χ3v) is 5.75. The van der Waals surface area contributed by atoms with Crippen molar-refractivity contribution in [1.82, 2.24) is 14.5 Å². The Kier molecular flexibility index (Phi) is 4.22. The molecule has 0 amide bonds. The number of benzene rings is 1. The number of pyridine rings is 3. The summed E-state index contributed by atoms with van der Waals surface area (Å²) in [6.07, 6.45) is 3.70. The summed E-state index contributed by atoms with van der Waals surface area (Å²) in [5.74, 6) is -0.412. The van der Waals surface area contributed by atoms with Gasteiger partial charge in [0.05, 0.1) is 18.5 Å². The van der Waals surface area contributed by atoms with E-state index in [1.807, 2.05) is 18.2 Å². The lowest BCUT2D eigenvalue weighted by atomic mass is 10.1. The first-order valence-electron chi connectivity index (χ1n) is 9.48. The summed E-state index contributed by atoms with van der Waals surface area (Å²) in [5, 5.41) is 2.23. The SMILES string of the molecule is COC(=O)c1c(N)c2ccc(C3CC3)nc2n(-c2cccc3c(Cl)nccc23)c1=O. The third kappa shape index (κ3) is 2.74. The Bertz CT molecular complexity index is 1410. The van der Waals surface area contributed by atoms with Gasteiger partial charge in [-0.1, -0.05) is 23.7 Å². The summed E-state index contributed by atoms with van der Waals surface area (Å²) in [5.41, 5.74) is 7.33. The van der Waals surface area contributed by atoms with E-state index >= 15 is 0 Å². The minimum atomic E-state index is -0.792. The molecule has 1 aliphatic rings. The Labute approximate surface area is 176 Å². The first-order chi connectivity index (χ1) is 14.5. The predicted octanol–water partition coefficient (Wildman–Crippen LogP) is 3.83. The number of fused-ring (bicyclic) bond motifs is 2. The van der Waals surface area contributed by atoms with Crippen LogP contribution in [0.15, 0.2) is 47.4 Å². The quantitative estimate of drug-likeness (QED) is 0.399. The molecule has 0 aliphatic heterocycles. The van der Waals surface area contributed by atoms with Crippen LogP contribution in [0.25, 0.3) is 27.5 Å². The van der Waals surface area contributed by atoms with Gasteiger partial charge in [0, 0.05) is 34.0 Å². The molecule has 3 heterocycles. The van der Waals surface area contributed by atoms with Gasteiger partial charge in [0.15, 0.2) is 0 Å². The van der Waals surface area contributed by atoms with Gasteiger partial charge in [0.1, 0.15) is 16.4 Å². The van der Waals surface area contributed by atoms with E-state index in [2.05, 4.69) is 4.98 Å². The molecule has 1 aromatic carbocycles. The standard InChI is InChI=1S/C22H17ClN4O3/c1-30-22(29)17-18(24)14-7-8-15(11-5-6-11)26-20(14)27(21(17)28)16-4-2-3-13-12(16)9-10-25-19(13)23/h2-4,7-11H,5-6,24H2,1H3. The van der Waals surface area contributed by atoms with E-state index in [9.17, 15) is 9.59 Å². The maximum atomic E-state index is 13.5. The fourth-order valence-corrected chi connectivity index (χ4v) is 4.00. The number of nitrogens with zero attached hydrogens (tertiary/aromatic N) is 3. The first kappa shape index (κ1) is 18.6. The minimum Gasteiger partial charge on any atom is -0.465 e. The van der Waals surface area contributed by atoms with Crippen molar-refractivity contribution >= 4 is 45.1 Å². The monoisotopic (exact) mass is 420 g/mol. The van der Waals surface area contributed by atoms with Gasteiger partial charge in [-0.15, -0.1) is 0 Å². The highest BCUT2D eigenvalue weighted by Gasteiger charge is 2.28. The number of halogens is 1. The van der Waals surface area contributed by atoms with Crippen LogP contribution < -0.4 is 11.3 Å². The molecule has 0 spiro atoms. The molecule has 0 unspecified atom stereocenters. The van der Waals surface area contributed by atoms with Crippen LogP contribution in [0, 0.1) is 0 Å². The van der Waals surface area contributed by atoms with Crippen molar-refractivity contribution < 1.29 is 9.53 Å². The fourth-order valence-electron chi connectivity index (χ4n) is 3.78. The molecule has 1 saturated carbocycles. The van der Waals surface area contributed by atoms with Crippen LogP contribution in [-0.4, -0.2) is 27.6 Å². The van der Waals surface area contributed by atoms with Gasteiger partial charge < -0.3 is 10.5 Å². The van der Waals surface area contributed by atoms with Crippen LogP contribution in [0.2, 0.25) is 5.15 Å². The zero-order valence-electron chi connectivity index (χ0n) is 16.1. The summed E-state index contributed by atoms with van der Waals surface area (Å²) in [7, 11) is 1.22. The summed E-state index contributed by atoms with van der Waals surface area (Å²) < 4.78 is 6.25. The van der Waals surface area contributed by atoms with Crippen molar-refractivity contribution in [3.63, 3.8) is 0 Å². The molecule has 30 heavy (non-hydrogen) atoms. The second kappa shape index (κ2) is 6.81. The maximum Gasteiger partial charge on any atom is 0.345 e. The number of hydrogen-bond donors (Lipinski definition) is 1. The van der Waals surface area contributed by atoms with Crippen molar-refractivity contribution in [2.24, 2.45) is 0 Å². The molecule has 0 saturated heterocycles.